The highest BCUT2D eigenvalue weighted by atomic mass is 32.2. The van der Waals surface area contributed by atoms with Crippen LogP contribution in [0, 0.1) is 0 Å². The molecule has 1 aromatic heterocycles. The van der Waals surface area contributed by atoms with Crippen molar-refractivity contribution >= 4 is 21.8 Å². The summed E-state index contributed by atoms with van der Waals surface area (Å²) < 4.78 is 37.8. The van der Waals surface area contributed by atoms with E-state index >= 15 is 0 Å². The van der Waals surface area contributed by atoms with Crippen LogP contribution in [-0.4, -0.2) is 43.1 Å². The van der Waals surface area contributed by atoms with Gasteiger partial charge in [0.25, 0.3) is 5.22 Å². The van der Waals surface area contributed by atoms with Crippen molar-refractivity contribution in [1.82, 2.24) is 14.5 Å². The predicted octanol–water partition coefficient (Wildman–Crippen LogP) is 4.07. The molecule has 7 nitrogen and oxygen atoms in total. The Labute approximate surface area is 175 Å². The summed E-state index contributed by atoms with van der Waals surface area (Å²) in [6, 6.07) is 14.3. The van der Waals surface area contributed by atoms with Crippen LogP contribution in [0.3, 0.4) is 0 Å². The van der Waals surface area contributed by atoms with Crippen LogP contribution in [0.25, 0.3) is 11.5 Å². The minimum absolute atomic E-state index is 0.211. The Morgan fingerprint density at radius 3 is 2.55 bits per heavy atom. The quantitative estimate of drug-likeness (QED) is 0.470. The van der Waals surface area contributed by atoms with E-state index in [0.717, 1.165) is 11.3 Å². The van der Waals surface area contributed by atoms with Gasteiger partial charge >= 0.3 is 0 Å². The Balaban J connectivity index is 1.76. The molecule has 0 aliphatic heterocycles. The second-order valence-corrected chi connectivity index (χ2v) is 9.00. The molecule has 0 N–H and O–H groups in total. The number of methoxy groups -OCH3 is 1. The molecule has 1 heterocycles. The maximum Gasteiger partial charge on any atom is 0.277 e. The van der Waals surface area contributed by atoms with E-state index in [-0.39, 0.29) is 10.8 Å². The van der Waals surface area contributed by atoms with Gasteiger partial charge in [-0.15, -0.1) is 10.2 Å². The number of benzene rings is 2. The van der Waals surface area contributed by atoms with E-state index in [1.54, 1.807) is 31.4 Å². The van der Waals surface area contributed by atoms with Crippen molar-refractivity contribution in [2.24, 2.45) is 0 Å². The molecule has 0 amide bonds. The summed E-state index contributed by atoms with van der Waals surface area (Å²) >= 11 is 1.41. The Hall–Kier alpha value is -2.36. The van der Waals surface area contributed by atoms with Crippen LogP contribution in [0.1, 0.15) is 19.4 Å². The van der Waals surface area contributed by atoms with Gasteiger partial charge in [-0.25, -0.2) is 8.42 Å². The number of hydrogen-bond donors (Lipinski definition) is 0. The predicted molar refractivity (Wildman–Crippen MR) is 112 cm³/mol. The maximum absolute atomic E-state index is 12.7. The molecular weight excluding hydrogens is 410 g/mol. The number of nitrogens with zero attached hydrogens (tertiary/aromatic N) is 3. The summed E-state index contributed by atoms with van der Waals surface area (Å²) in [5.41, 5.74) is 1.64. The van der Waals surface area contributed by atoms with E-state index in [4.69, 9.17) is 9.15 Å². The zero-order chi connectivity index (χ0) is 20.9. The van der Waals surface area contributed by atoms with Gasteiger partial charge < -0.3 is 9.15 Å². The van der Waals surface area contributed by atoms with Crippen LogP contribution < -0.4 is 4.74 Å². The normalized spacial score (nSPS) is 11.7. The molecule has 0 saturated heterocycles. The average molecular weight is 434 g/mol. The lowest BCUT2D eigenvalue weighted by Crippen LogP contribution is -2.30. The lowest BCUT2D eigenvalue weighted by molar-refractivity contribution is 0.414. The number of aromatic nitrogens is 2. The largest absolute Gasteiger partial charge is 0.497 e. The Morgan fingerprint density at radius 1 is 1.07 bits per heavy atom. The molecule has 0 radical (unpaired) electrons. The summed E-state index contributed by atoms with van der Waals surface area (Å²) in [5.74, 6) is 1.73. The fourth-order valence-electron chi connectivity index (χ4n) is 2.79. The molecule has 0 saturated carbocycles. The van der Waals surface area contributed by atoms with Crippen molar-refractivity contribution in [3.63, 3.8) is 0 Å². The first-order valence-corrected chi connectivity index (χ1v) is 11.6. The fraction of sp³-hybridized carbons (Fsp3) is 0.300. The summed E-state index contributed by atoms with van der Waals surface area (Å²) in [6.07, 6.45) is 0. The van der Waals surface area contributed by atoms with Crippen LogP contribution in [0.2, 0.25) is 0 Å². The van der Waals surface area contributed by atoms with Crippen LogP contribution in [0.4, 0.5) is 0 Å². The summed E-state index contributed by atoms with van der Waals surface area (Å²) in [5, 5.41) is 8.55. The van der Waals surface area contributed by atoms with E-state index in [2.05, 4.69) is 10.2 Å². The van der Waals surface area contributed by atoms with Gasteiger partial charge in [-0.05, 0) is 35.9 Å². The van der Waals surface area contributed by atoms with Gasteiger partial charge in [0.15, 0.2) is 0 Å². The second kappa shape index (κ2) is 9.43. The van der Waals surface area contributed by atoms with Gasteiger partial charge in [0.2, 0.25) is 15.9 Å². The van der Waals surface area contributed by atoms with Gasteiger partial charge in [-0.3, -0.25) is 0 Å². The number of rotatable bonds is 9. The second-order valence-electron chi connectivity index (χ2n) is 6.13. The molecule has 154 valence electrons. The number of hydrogen-bond acceptors (Lipinski definition) is 7. The zero-order valence-electron chi connectivity index (χ0n) is 16.5. The van der Waals surface area contributed by atoms with E-state index in [9.17, 15) is 8.42 Å². The van der Waals surface area contributed by atoms with E-state index < -0.39 is 10.0 Å². The monoisotopic (exact) mass is 433 g/mol. The maximum atomic E-state index is 12.7. The third-order valence-electron chi connectivity index (χ3n) is 4.33. The molecule has 0 aliphatic rings. The summed E-state index contributed by atoms with van der Waals surface area (Å²) in [4.78, 5) is 0.211. The van der Waals surface area contributed by atoms with Gasteiger partial charge in [0, 0.05) is 24.4 Å². The molecule has 0 bridgehead atoms. The van der Waals surface area contributed by atoms with Crippen molar-refractivity contribution < 1.29 is 17.6 Å². The average Bonchev–Trinajstić information content (AvgIpc) is 3.22. The summed E-state index contributed by atoms with van der Waals surface area (Å²) in [7, 11) is -1.92. The Kier molecular flexibility index (Phi) is 6.94. The lowest BCUT2D eigenvalue weighted by Gasteiger charge is -2.18. The molecule has 0 spiro atoms. The van der Waals surface area contributed by atoms with Crippen molar-refractivity contribution in [2.45, 2.75) is 29.7 Å². The topological polar surface area (TPSA) is 85.5 Å². The van der Waals surface area contributed by atoms with Crippen LogP contribution in [0.15, 0.2) is 63.1 Å². The first kappa shape index (κ1) is 21.4. The highest BCUT2D eigenvalue weighted by Crippen LogP contribution is 2.28. The smallest absolute Gasteiger partial charge is 0.277 e. The number of thioether (sulfide) groups is 1. The fourth-order valence-corrected chi connectivity index (χ4v) is 5.00. The van der Waals surface area contributed by atoms with Crippen LogP contribution in [0.5, 0.6) is 5.75 Å². The molecular formula is C20H23N3O4S2. The van der Waals surface area contributed by atoms with E-state index in [1.165, 1.54) is 16.1 Å². The molecule has 2 aromatic carbocycles. The molecule has 29 heavy (non-hydrogen) atoms. The molecule has 0 aliphatic carbocycles. The molecule has 0 atom stereocenters. The third kappa shape index (κ3) is 4.98. The minimum Gasteiger partial charge on any atom is -0.497 e. The van der Waals surface area contributed by atoms with Crippen molar-refractivity contribution in [1.29, 1.82) is 0 Å². The first-order valence-electron chi connectivity index (χ1n) is 9.17. The standard InChI is InChI=1S/C20H23N3O4S2/c1-4-23(5-2)29(24,25)18-11-7-9-16(13-18)19-21-22-20(27-19)28-14-15-8-6-10-17(12-15)26-3/h6-13H,4-5,14H2,1-3H3. The van der Waals surface area contributed by atoms with Crippen LogP contribution >= 0.6 is 11.8 Å². The highest BCUT2D eigenvalue weighted by molar-refractivity contribution is 7.98. The molecule has 0 fully saturated rings. The minimum atomic E-state index is -3.55. The molecule has 9 heteroatoms. The SMILES string of the molecule is CCN(CC)S(=O)(=O)c1cccc(-c2nnc(SCc3cccc(OC)c3)o2)c1. The Bertz CT molecular complexity index is 1060. The molecule has 3 rings (SSSR count). The third-order valence-corrected chi connectivity index (χ3v) is 7.26. The first-order chi connectivity index (χ1) is 14.0. The zero-order valence-corrected chi connectivity index (χ0v) is 18.2. The van der Waals surface area contributed by atoms with E-state index in [1.807, 2.05) is 38.1 Å². The van der Waals surface area contributed by atoms with Gasteiger partial charge in [-0.2, -0.15) is 4.31 Å². The van der Waals surface area contributed by atoms with Crippen LogP contribution in [-0.2, 0) is 15.8 Å². The highest BCUT2D eigenvalue weighted by Gasteiger charge is 2.22. The van der Waals surface area contributed by atoms with E-state index in [0.29, 0.717) is 29.6 Å². The Morgan fingerprint density at radius 2 is 1.83 bits per heavy atom. The summed E-state index contributed by atoms with van der Waals surface area (Å²) in [6.45, 7) is 4.45. The van der Waals surface area contributed by atoms with Crippen molar-refractivity contribution in [2.75, 3.05) is 20.2 Å². The van der Waals surface area contributed by atoms with Crippen molar-refractivity contribution in [3.05, 3.63) is 54.1 Å². The lowest BCUT2D eigenvalue weighted by atomic mass is 10.2. The number of ether oxygens (including phenoxy) is 1. The number of sulfonamides is 1. The van der Waals surface area contributed by atoms with Crippen molar-refractivity contribution in [3.8, 4) is 17.2 Å². The molecule has 3 aromatic rings. The molecule has 0 unspecified atom stereocenters. The van der Waals surface area contributed by atoms with Gasteiger partial charge in [0.05, 0.1) is 12.0 Å². The van der Waals surface area contributed by atoms with Gasteiger partial charge in [0.1, 0.15) is 5.75 Å². The van der Waals surface area contributed by atoms with Gasteiger partial charge in [-0.1, -0.05) is 43.8 Å².